The van der Waals surface area contributed by atoms with Gasteiger partial charge in [0.15, 0.2) is 0 Å². The Kier molecular flexibility index (Phi) is 8.46. The van der Waals surface area contributed by atoms with E-state index in [0.29, 0.717) is 41.4 Å². The number of primary sulfonamides is 1. The molecule has 0 radical (unpaired) electrons. The summed E-state index contributed by atoms with van der Waals surface area (Å²) in [5.74, 6) is -0.501. The maximum atomic E-state index is 13.4. The van der Waals surface area contributed by atoms with Crippen LogP contribution in [0.4, 0.5) is 0 Å². The van der Waals surface area contributed by atoms with E-state index in [2.05, 4.69) is 0 Å². The van der Waals surface area contributed by atoms with Gasteiger partial charge in [-0.3, -0.25) is 9.59 Å². The van der Waals surface area contributed by atoms with Gasteiger partial charge in [-0.2, -0.15) is 0 Å². The van der Waals surface area contributed by atoms with Crippen molar-refractivity contribution in [3.8, 4) is 17.2 Å². The first-order chi connectivity index (χ1) is 19.1. The molecular formula is C29H30N2O8S. The Morgan fingerprint density at radius 1 is 0.950 bits per heavy atom. The zero-order valence-electron chi connectivity index (χ0n) is 22.3. The van der Waals surface area contributed by atoms with E-state index in [4.69, 9.17) is 19.3 Å². The van der Waals surface area contributed by atoms with Crippen LogP contribution in [-0.4, -0.2) is 57.5 Å². The van der Waals surface area contributed by atoms with E-state index >= 15 is 0 Å². The maximum Gasteiger partial charge on any atom is 0.295 e. The van der Waals surface area contributed by atoms with Crippen molar-refractivity contribution in [1.82, 2.24) is 4.90 Å². The summed E-state index contributed by atoms with van der Waals surface area (Å²) in [5, 5.41) is 16.5. The number of amides is 1. The topological polar surface area (TPSA) is 145 Å². The normalized spacial score (nSPS) is 16.7. The van der Waals surface area contributed by atoms with Gasteiger partial charge in [-0.25, -0.2) is 13.6 Å². The van der Waals surface area contributed by atoms with Gasteiger partial charge in [0.1, 0.15) is 23.0 Å². The van der Waals surface area contributed by atoms with Gasteiger partial charge < -0.3 is 24.2 Å². The fraction of sp³-hybridized carbons (Fsp3) is 0.241. The van der Waals surface area contributed by atoms with Crippen molar-refractivity contribution >= 4 is 27.5 Å². The average molecular weight is 567 g/mol. The highest BCUT2D eigenvalue weighted by Crippen LogP contribution is 2.44. The summed E-state index contributed by atoms with van der Waals surface area (Å²) >= 11 is 0. The second kappa shape index (κ2) is 11.8. The van der Waals surface area contributed by atoms with Crippen LogP contribution in [0, 0.1) is 0 Å². The minimum Gasteiger partial charge on any atom is -0.507 e. The number of aliphatic hydroxyl groups is 1. The van der Waals surface area contributed by atoms with E-state index in [-0.39, 0.29) is 22.8 Å². The molecule has 0 bridgehead atoms. The van der Waals surface area contributed by atoms with Crippen molar-refractivity contribution in [3.05, 3.63) is 89.0 Å². The number of nitrogens with two attached hydrogens (primary N) is 1. The number of aliphatic hydroxyl groups excluding tert-OH is 1. The van der Waals surface area contributed by atoms with Crippen molar-refractivity contribution < 1.29 is 37.3 Å². The van der Waals surface area contributed by atoms with Crippen molar-refractivity contribution in [1.29, 1.82) is 0 Å². The van der Waals surface area contributed by atoms with Crippen LogP contribution in [0.1, 0.15) is 29.7 Å². The number of hydrogen-bond donors (Lipinski definition) is 2. The minimum atomic E-state index is -3.85. The maximum absolute atomic E-state index is 13.4. The molecule has 4 rings (SSSR count). The van der Waals surface area contributed by atoms with Crippen LogP contribution >= 0.6 is 0 Å². The Bertz CT molecular complexity index is 1550. The number of methoxy groups -OCH3 is 2. The number of rotatable bonds is 10. The first-order valence-electron chi connectivity index (χ1n) is 12.4. The predicted molar refractivity (Wildman–Crippen MR) is 148 cm³/mol. The van der Waals surface area contributed by atoms with Gasteiger partial charge in [0.05, 0.1) is 37.3 Å². The highest BCUT2D eigenvalue weighted by Gasteiger charge is 2.47. The van der Waals surface area contributed by atoms with E-state index in [1.165, 1.54) is 31.3 Å². The summed E-state index contributed by atoms with van der Waals surface area (Å²) in [4.78, 5) is 28.1. The molecule has 1 amide bonds. The highest BCUT2D eigenvalue weighted by molar-refractivity contribution is 7.89. The average Bonchev–Trinajstić information content (AvgIpc) is 3.20. The lowest BCUT2D eigenvalue weighted by molar-refractivity contribution is -0.139. The molecule has 1 aliphatic rings. The van der Waals surface area contributed by atoms with E-state index in [1.54, 1.807) is 54.6 Å². The molecule has 3 N–H and O–H groups in total. The van der Waals surface area contributed by atoms with Crippen molar-refractivity contribution in [2.24, 2.45) is 5.14 Å². The standard InChI is InChI=1S/C29H30N2O8S/c1-4-39-20-9-7-19(8-10-20)27(32)25-26(23-17-21(37-2)11-14-24(23)38-3)31(29(34)28(25)33)16-15-18-5-12-22(13-6-18)40(30,35)36/h5-14,17,26,32H,4,15-16H2,1-3H3,(H2,30,35,36)/b27-25+. The van der Waals surface area contributed by atoms with Crippen molar-refractivity contribution in [3.63, 3.8) is 0 Å². The molecule has 3 aromatic rings. The van der Waals surface area contributed by atoms with E-state index in [0.717, 1.165) is 5.56 Å². The van der Waals surface area contributed by atoms with Crippen LogP contribution < -0.4 is 19.3 Å². The molecule has 0 spiro atoms. The first kappa shape index (κ1) is 28.7. The Morgan fingerprint density at radius 2 is 1.60 bits per heavy atom. The molecule has 10 nitrogen and oxygen atoms in total. The lowest BCUT2D eigenvalue weighted by atomic mass is 9.94. The molecule has 11 heteroatoms. The van der Waals surface area contributed by atoms with Crippen LogP contribution in [0.25, 0.3) is 5.76 Å². The fourth-order valence-electron chi connectivity index (χ4n) is 4.61. The molecule has 1 atom stereocenters. The molecular weight excluding hydrogens is 536 g/mol. The third-order valence-corrected chi connectivity index (χ3v) is 7.53. The lowest BCUT2D eigenvalue weighted by Gasteiger charge is -2.27. The monoisotopic (exact) mass is 566 g/mol. The second-order valence-corrected chi connectivity index (χ2v) is 10.6. The minimum absolute atomic E-state index is 0.0341. The van der Waals surface area contributed by atoms with Crippen LogP contribution in [-0.2, 0) is 26.0 Å². The zero-order chi connectivity index (χ0) is 29.0. The molecule has 1 aliphatic heterocycles. The highest BCUT2D eigenvalue weighted by atomic mass is 32.2. The number of nitrogens with zero attached hydrogens (tertiary/aromatic N) is 1. The quantitative estimate of drug-likeness (QED) is 0.216. The molecule has 1 heterocycles. The van der Waals surface area contributed by atoms with Gasteiger partial charge in [0.25, 0.3) is 11.7 Å². The van der Waals surface area contributed by atoms with Crippen molar-refractivity contribution in [2.75, 3.05) is 27.4 Å². The predicted octanol–water partition coefficient (Wildman–Crippen LogP) is 3.41. The molecule has 210 valence electrons. The first-order valence-corrected chi connectivity index (χ1v) is 14.0. The molecule has 1 unspecified atom stereocenters. The number of Topliss-reactive ketones (excluding diaryl/α,β-unsaturated/α-hetero) is 1. The van der Waals surface area contributed by atoms with Crippen LogP contribution in [0.3, 0.4) is 0 Å². The van der Waals surface area contributed by atoms with E-state index in [9.17, 15) is 23.1 Å². The third kappa shape index (κ3) is 5.80. The van der Waals surface area contributed by atoms with Gasteiger partial charge in [-0.15, -0.1) is 0 Å². The summed E-state index contributed by atoms with van der Waals surface area (Å²) in [6, 6.07) is 16.5. The van der Waals surface area contributed by atoms with Gasteiger partial charge in [-0.05, 0) is 73.5 Å². The number of ether oxygens (including phenoxy) is 3. The number of likely N-dealkylation sites (tertiary alicyclic amines) is 1. The number of benzene rings is 3. The number of carbonyl (C=O) groups is 2. The summed E-state index contributed by atoms with van der Waals surface area (Å²) < 4.78 is 39.6. The number of carbonyl (C=O) groups excluding carboxylic acids is 2. The molecule has 3 aromatic carbocycles. The lowest BCUT2D eigenvalue weighted by Crippen LogP contribution is -2.32. The van der Waals surface area contributed by atoms with Crippen LogP contribution in [0.2, 0.25) is 0 Å². The molecule has 0 aliphatic carbocycles. The molecule has 1 fully saturated rings. The van der Waals surface area contributed by atoms with Gasteiger partial charge in [0, 0.05) is 17.7 Å². The summed E-state index contributed by atoms with van der Waals surface area (Å²) in [6.45, 7) is 2.41. The molecule has 1 saturated heterocycles. The van der Waals surface area contributed by atoms with Gasteiger partial charge in [-0.1, -0.05) is 12.1 Å². The van der Waals surface area contributed by atoms with E-state index < -0.39 is 27.8 Å². The SMILES string of the molecule is CCOc1ccc(/C(O)=C2\C(=O)C(=O)N(CCc3ccc(S(N)(=O)=O)cc3)C2c2cc(OC)ccc2OC)cc1. The fourth-order valence-corrected chi connectivity index (χ4v) is 5.13. The summed E-state index contributed by atoms with van der Waals surface area (Å²) in [7, 11) is -0.888. The Balaban J connectivity index is 1.79. The third-order valence-electron chi connectivity index (χ3n) is 6.60. The second-order valence-electron chi connectivity index (χ2n) is 9.00. The van der Waals surface area contributed by atoms with E-state index in [1.807, 2.05) is 6.92 Å². The molecule has 0 aromatic heterocycles. The number of sulfonamides is 1. The number of hydrogen-bond acceptors (Lipinski definition) is 8. The Morgan fingerprint density at radius 3 is 2.17 bits per heavy atom. The Labute approximate surface area is 232 Å². The molecule has 40 heavy (non-hydrogen) atoms. The largest absolute Gasteiger partial charge is 0.507 e. The van der Waals surface area contributed by atoms with Gasteiger partial charge >= 0.3 is 0 Å². The van der Waals surface area contributed by atoms with Gasteiger partial charge in [0.2, 0.25) is 10.0 Å². The van der Waals surface area contributed by atoms with Crippen LogP contribution in [0.15, 0.2) is 77.2 Å². The number of ketones is 1. The van der Waals surface area contributed by atoms with Crippen molar-refractivity contribution in [2.45, 2.75) is 24.3 Å². The smallest absolute Gasteiger partial charge is 0.295 e. The zero-order valence-corrected chi connectivity index (χ0v) is 23.1. The van der Waals surface area contributed by atoms with Crippen LogP contribution in [0.5, 0.6) is 17.2 Å². The molecule has 0 saturated carbocycles. The summed E-state index contributed by atoms with van der Waals surface area (Å²) in [6.07, 6.45) is 0.295. The summed E-state index contributed by atoms with van der Waals surface area (Å²) in [5.41, 5.74) is 1.42. The Hall–Kier alpha value is -4.35.